The molecule has 0 bridgehead atoms. The van der Waals surface area contributed by atoms with E-state index in [2.05, 4.69) is 62.2 Å². The average molecular weight is 428 g/mol. The molecule has 0 aromatic heterocycles. The van der Waals surface area contributed by atoms with Gasteiger partial charge in [0, 0.05) is 23.5 Å². The van der Waals surface area contributed by atoms with Crippen LogP contribution in [0, 0.1) is 32.1 Å². The lowest BCUT2D eigenvalue weighted by molar-refractivity contribution is -0.112. The monoisotopic (exact) mass is 427 g/mol. The number of rotatable bonds is 5. The van der Waals surface area contributed by atoms with Crippen molar-refractivity contribution in [2.45, 2.75) is 60.4 Å². The molecule has 3 rings (SSSR count). The van der Waals surface area contributed by atoms with Crippen LogP contribution in [0.25, 0.3) is 11.6 Å². The Balaban J connectivity index is 2.01. The van der Waals surface area contributed by atoms with Gasteiger partial charge in [-0.1, -0.05) is 25.1 Å². The summed E-state index contributed by atoms with van der Waals surface area (Å²) in [5, 5.41) is 12.6. The summed E-state index contributed by atoms with van der Waals surface area (Å²) in [4.78, 5) is 15.3. The number of fused-ring (bicyclic) bond motifs is 1. The fourth-order valence-corrected chi connectivity index (χ4v) is 4.41. The third-order valence-electron chi connectivity index (χ3n) is 6.33. The summed E-state index contributed by atoms with van der Waals surface area (Å²) in [5.41, 5.74) is 8.38. The van der Waals surface area contributed by atoms with Crippen molar-refractivity contribution in [1.82, 2.24) is 0 Å². The zero-order valence-corrected chi connectivity index (χ0v) is 20.3. The van der Waals surface area contributed by atoms with Gasteiger partial charge in [0.15, 0.2) is 0 Å². The highest BCUT2D eigenvalue weighted by Crippen LogP contribution is 2.40. The number of hydrogen-bond acceptors (Lipinski definition) is 3. The molecule has 2 aromatic carbocycles. The molecule has 4 heteroatoms. The molecule has 0 saturated heterocycles. The maximum atomic E-state index is 12.9. The van der Waals surface area contributed by atoms with Crippen LogP contribution in [-0.2, 0) is 4.79 Å². The summed E-state index contributed by atoms with van der Waals surface area (Å²) in [5.74, 6) is -0.390. The standard InChI is InChI=1S/C28H33N3O/c1-8-12-31-26-13-19(3)22(15-24(26)20(4)16-28(31,6)7)14-23(17-29)27(32)30-25-11-9-10-18(2)21(25)5/h9-11,13-16H,8,12H2,1-7H3,(H,30,32)/b23-14+. The van der Waals surface area contributed by atoms with Gasteiger partial charge in [-0.15, -0.1) is 0 Å². The van der Waals surface area contributed by atoms with E-state index in [4.69, 9.17) is 0 Å². The fraction of sp³-hybridized carbons (Fsp3) is 0.357. The van der Waals surface area contributed by atoms with E-state index in [0.717, 1.165) is 46.5 Å². The first-order chi connectivity index (χ1) is 15.1. The van der Waals surface area contributed by atoms with Crippen LogP contribution in [0.5, 0.6) is 0 Å². The van der Waals surface area contributed by atoms with Gasteiger partial charge in [0.2, 0.25) is 0 Å². The first-order valence-electron chi connectivity index (χ1n) is 11.2. The Labute approximate surface area is 192 Å². The van der Waals surface area contributed by atoms with E-state index in [1.165, 1.54) is 11.3 Å². The Morgan fingerprint density at radius 1 is 1.16 bits per heavy atom. The second-order valence-corrected chi connectivity index (χ2v) is 9.23. The molecule has 1 N–H and O–H groups in total. The third kappa shape index (κ3) is 4.48. The molecule has 0 aliphatic carbocycles. The van der Waals surface area contributed by atoms with Crippen molar-refractivity contribution in [3.63, 3.8) is 0 Å². The number of aryl methyl sites for hydroxylation is 2. The first-order valence-corrected chi connectivity index (χ1v) is 11.2. The minimum Gasteiger partial charge on any atom is -0.362 e. The van der Waals surface area contributed by atoms with Crippen molar-refractivity contribution >= 4 is 28.9 Å². The number of nitrogens with one attached hydrogen (secondary N) is 1. The number of nitriles is 1. The van der Waals surface area contributed by atoms with Gasteiger partial charge in [0.25, 0.3) is 5.91 Å². The second kappa shape index (κ2) is 9.04. The van der Waals surface area contributed by atoms with Gasteiger partial charge in [-0.2, -0.15) is 5.26 Å². The normalized spacial score (nSPS) is 15.0. The molecular formula is C28H33N3O. The number of allylic oxidation sites excluding steroid dienone is 1. The van der Waals surface area contributed by atoms with Crippen LogP contribution in [-0.4, -0.2) is 18.0 Å². The molecular weight excluding hydrogens is 394 g/mol. The fourth-order valence-electron chi connectivity index (χ4n) is 4.41. The molecule has 1 aliphatic rings. The van der Waals surface area contributed by atoms with E-state index < -0.39 is 0 Å². The number of hydrogen-bond donors (Lipinski definition) is 1. The number of nitrogens with zero attached hydrogens (tertiary/aromatic N) is 2. The number of carbonyl (C=O) groups excluding carboxylic acids is 1. The van der Waals surface area contributed by atoms with Gasteiger partial charge in [-0.25, -0.2) is 0 Å². The Morgan fingerprint density at radius 3 is 2.53 bits per heavy atom. The van der Waals surface area contributed by atoms with Gasteiger partial charge < -0.3 is 10.2 Å². The molecule has 0 unspecified atom stereocenters. The van der Waals surface area contributed by atoms with Crippen molar-refractivity contribution < 1.29 is 4.79 Å². The van der Waals surface area contributed by atoms with Crippen LogP contribution < -0.4 is 10.2 Å². The summed E-state index contributed by atoms with van der Waals surface area (Å²) in [7, 11) is 0. The van der Waals surface area contributed by atoms with Crippen molar-refractivity contribution in [2.75, 3.05) is 16.8 Å². The first kappa shape index (κ1) is 23.3. The zero-order valence-electron chi connectivity index (χ0n) is 20.3. The molecule has 166 valence electrons. The Morgan fingerprint density at radius 2 is 1.88 bits per heavy atom. The smallest absolute Gasteiger partial charge is 0.266 e. The number of benzene rings is 2. The molecule has 0 saturated carbocycles. The van der Waals surface area contributed by atoms with Crippen molar-refractivity contribution in [3.05, 3.63) is 69.8 Å². The molecule has 1 aliphatic heterocycles. The van der Waals surface area contributed by atoms with Gasteiger partial charge in [-0.3, -0.25) is 4.79 Å². The average Bonchev–Trinajstić information content (AvgIpc) is 2.72. The van der Waals surface area contributed by atoms with Gasteiger partial charge in [-0.05, 0) is 100 Å². The third-order valence-corrected chi connectivity index (χ3v) is 6.33. The molecule has 32 heavy (non-hydrogen) atoms. The number of carbonyl (C=O) groups is 1. The number of amides is 1. The molecule has 1 amide bonds. The van der Waals surface area contributed by atoms with Gasteiger partial charge in [0.05, 0.1) is 5.54 Å². The lowest BCUT2D eigenvalue weighted by atomic mass is 9.86. The molecule has 0 radical (unpaired) electrons. The largest absolute Gasteiger partial charge is 0.362 e. The molecule has 0 spiro atoms. The predicted octanol–water partition coefficient (Wildman–Crippen LogP) is 6.57. The maximum Gasteiger partial charge on any atom is 0.266 e. The Hall–Kier alpha value is -3.32. The lowest BCUT2D eigenvalue weighted by Gasteiger charge is -2.43. The van der Waals surface area contributed by atoms with Crippen LogP contribution in [0.1, 0.15) is 61.9 Å². The van der Waals surface area contributed by atoms with Crippen LogP contribution in [0.3, 0.4) is 0 Å². The SMILES string of the molecule is CCCN1c2cc(C)c(/C=C(\C#N)C(=O)Nc3cccc(C)c3C)cc2C(C)=CC1(C)C. The maximum absolute atomic E-state index is 12.9. The lowest BCUT2D eigenvalue weighted by Crippen LogP contribution is -2.45. The minimum atomic E-state index is -0.390. The summed E-state index contributed by atoms with van der Waals surface area (Å²) < 4.78 is 0. The van der Waals surface area contributed by atoms with Gasteiger partial charge >= 0.3 is 0 Å². The zero-order chi connectivity index (χ0) is 23.6. The van der Waals surface area contributed by atoms with Gasteiger partial charge in [0.1, 0.15) is 11.6 Å². The molecule has 1 heterocycles. The highest BCUT2D eigenvalue weighted by Gasteiger charge is 2.31. The van der Waals surface area contributed by atoms with Crippen LogP contribution >= 0.6 is 0 Å². The Bertz CT molecular complexity index is 1160. The molecule has 2 aromatic rings. The van der Waals surface area contributed by atoms with Crippen LogP contribution in [0.15, 0.2) is 42.0 Å². The van der Waals surface area contributed by atoms with Crippen LogP contribution in [0.2, 0.25) is 0 Å². The van der Waals surface area contributed by atoms with E-state index in [9.17, 15) is 10.1 Å². The summed E-state index contributed by atoms with van der Waals surface area (Å²) in [6.07, 6.45) is 5.06. The molecule has 0 fully saturated rings. The van der Waals surface area contributed by atoms with Crippen molar-refractivity contribution in [2.24, 2.45) is 0 Å². The Kier molecular flexibility index (Phi) is 6.60. The van der Waals surface area contributed by atoms with Crippen molar-refractivity contribution in [1.29, 1.82) is 5.26 Å². The molecule has 0 atom stereocenters. The highest BCUT2D eigenvalue weighted by molar-refractivity contribution is 6.10. The highest BCUT2D eigenvalue weighted by atomic mass is 16.1. The van der Waals surface area contributed by atoms with E-state index in [0.29, 0.717) is 0 Å². The van der Waals surface area contributed by atoms with E-state index in [1.807, 2.05) is 39.0 Å². The van der Waals surface area contributed by atoms with E-state index in [1.54, 1.807) is 6.08 Å². The molecule has 4 nitrogen and oxygen atoms in total. The summed E-state index contributed by atoms with van der Waals surface area (Å²) >= 11 is 0. The van der Waals surface area contributed by atoms with E-state index >= 15 is 0 Å². The quantitative estimate of drug-likeness (QED) is 0.434. The second-order valence-electron chi connectivity index (χ2n) is 9.23. The van der Waals surface area contributed by atoms with E-state index in [-0.39, 0.29) is 17.0 Å². The topological polar surface area (TPSA) is 56.1 Å². The predicted molar refractivity (Wildman–Crippen MR) is 135 cm³/mol. The van der Waals surface area contributed by atoms with Crippen LogP contribution in [0.4, 0.5) is 11.4 Å². The minimum absolute atomic E-state index is 0.0553. The van der Waals surface area contributed by atoms with Crippen molar-refractivity contribution in [3.8, 4) is 6.07 Å². The summed E-state index contributed by atoms with van der Waals surface area (Å²) in [6, 6.07) is 12.1. The number of anilines is 2. The summed E-state index contributed by atoms with van der Waals surface area (Å²) in [6.45, 7) is 15.8.